The van der Waals surface area contributed by atoms with Crippen molar-refractivity contribution in [3.63, 3.8) is 0 Å². The maximum absolute atomic E-state index is 13.6. The minimum Gasteiger partial charge on any atom is -0.207 e. The van der Waals surface area contributed by atoms with Crippen molar-refractivity contribution in [2.45, 2.75) is 10.5 Å². The molecule has 2 atom stereocenters. The Balaban J connectivity index is 1.67. The molecule has 4 rings (SSSR count). The number of benzene rings is 4. The van der Waals surface area contributed by atoms with Gasteiger partial charge in [0.1, 0.15) is 23.3 Å². The van der Waals surface area contributed by atoms with Gasteiger partial charge in [0.2, 0.25) is 0 Å². The molecule has 0 amide bonds. The average Bonchev–Trinajstić information content (AvgIpc) is 2.87. The molecule has 4 aromatic rings. The first-order valence-electron chi connectivity index (χ1n) is 11.0. The first-order chi connectivity index (χ1) is 17.0. The van der Waals surface area contributed by atoms with Gasteiger partial charge in [-0.25, -0.2) is 17.6 Å². The van der Waals surface area contributed by atoms with E-state index < -0.39 is 0 Å². The molecular weight excluding hydrogens is 468 g/mol. The Kier molecular flexibility index (Phi) is 8.22. The van der Waals surface area contributed by atoms with Gasteiger partial charge in [0.05, 0.1) is 0 Å². The van der Waals surface area contributed by atoms with E-state index >= 15 is 0 Å². The van der Waals surface area contributed by atoms with Crippen molar-refractivity contribution in [3.8, 4) is 0 Å². The predicted molar refractivity (Wildman–Crippen MR) is 137 cm³/mol. The highest BCUT2D eigenvalue weighted by atomic mass is 32.2. The smallest absolute Gasteiger partial charge is 0.123 e. The molecule has 0 saturated heterocycles. The van der Waals surface area contributed by atoms with Crippen molar-refractivity contribution in [1.82, 2.24) is 0 Å². The Morgan fingerprint density at radius 2 is 0.714 bits per heavy atom. The van der Waals surface area contributed by atoms with E-state index in [4.69, 9.17) is 0 Å². The molecule has 0 spiro atoms. The Bertz CT molecular complexity index is 1170. The van der Waals surface area contributed by atoms with Gasteiger partial charge in [-0.05, 0) is 70.8 Å². The zero-order valence-electron chi connectivity index (χ0n) is 18.6. The van der Waals surface area contributed by atoms with Gasteiger partial charge < -0.3 is 0 Å². The van der Waals surface area contributed by atoms with Crippen molar-refractivity contribution in [2.24, 2.45) is 0 Å². The fraction of sp³-hybridized carbons (Fsp3) is 0.0667. The van der Waals surface area contributed by atoms with Gasteiger partial charge in [0.25, 0.3) is 0 Å². The molecular formula is C30H22F4S. The van der Waals surface area contributed by atoms with Gasteiger partial charge in [-0.2, -0.15) is 0 Å². The zero-order valence-corrected chi connectivity index (χ0v) is 19.4. The molecule has 0 aliphatic rings. The molecule has 0 aromatic heterocycles. The maximum atomic E-state index is 13.6. The van der Waals surface area contributed by atoms with E-state index in [1.54, 1.807) is 60.3 Å². The standard InChI is InChI=1S/C30H22F4S/c31-25-11-1-21(2-12-25)5-19-29(23-7-15-27(33)16-8-23)35-30(24-9-17-28(34)18-10-24)20-6-22-3-13-26(32)14-4-22/h1-20,29-30H/b19-5-,20-6-. The van der Waals surface area contributed by atoms with Crippen LogP contribution in [0.3, 0.4) is 0 Å². The molecule has 0 nitrogen and oxygen atoms in total. The van der Waals surface area contributed by atoms with E-state index in [1.165, 1.54) is 48.5 Å². The minimum atomic E-state index is -0.327. The highest BCUT2D eigenvalue weighted by Gasteiger charge is 2.17. The van der Waals surface area contributed by atoms with Crippen LogP contribution in [0.15, 0.2) is 109 Å². The Morgan fingerprint density at radius 1 is 0.429 bits per heavy atom. The fourth-order valence-electron chi connectivity index (χ4n) is 3.48. The zero-order chi connectivity index (χ0) is 24.6. The van der Waals surface area contributed by atoms with Crippen LogP contribution in [-0.2, 0) is 0 Å². The Morgan fingerprint density at radius 3 is 1.03 bits per heavy atom. The third-order valence-electron chi connectivity index (χ3n) is 5.36. The van der Waals surface area contributed by atoms with E-state index in [9.17, 15) is 17.6 Å². The van der Waals surface area contributed by atoms with Gasteiger partial charge in [0.15, 0.2) is 0 Å². The first kappa shape index (κ1) is 24.6. The summed E-state index contributed by atoms with van der Waals surface area (Å²) in [6, 6.07) is 24.9. The Hall–Kier alpha value is -3.57. The number of thioether (sulfide) groups is 1. The predicted octanol–water partition coefficient (Wildman–Crippen LogP) is 9.19. The maximum Gasteiger partial charge on any atom is 0.123 e. The highest BCUT2D eigenvalue weighted by molar-refractivity contribution is 8.00. The lowest BCUT2D eigenvalue weighted by molar-refractivity contribution is 0.627. The SMILES string of the molecule is Fc1ccc(/C=C\C(SC(/C=C\c2ccc(F)cc2)c2ccc(F)cc2)c2ccc(F)cc2)cc1. The second-order valence-electron chi connectivity index (χ2n) is 7.90. The second-order valence-corrected chi connectivity index (χ2v) is 9.19. The monoisotopic (exact) mass is 490 g/mol. The van der Waals surface area contributed by atoms with Crippen LogP contribution in [0.1, 0.15) is 32.8 Å². The van der Waals surface area contributed by atoms with Crippen LogP contribution in [0.25, 0.3) is 12.2 Å². The molecule has 2 unspecified atom stereocenters. The summed E-state index contributed by atoms with van der Waals surface area (Å²) >= 11 is 1.59. The molecule has 0 radical (unpaired) electrons. The van der Waals surface area contributed by atoms with Crippen molar-refractivity contribution in [2.75, 3.05) is 0 Å². The highest BCUT2D eigenvalue weighted by Crippen LogP contribution is 2.43. The van der Waals surface area contributed by atoms with Gasteiger partial charge in [-0.15, -0.1) is 11.8 Å². The third-order valence-corrected chi connectivity index (χ3v) is 6.80. The van der Waals surface area contributed by atoms with E-state index in [0.29, 0.717) is 0 Å². The van der Waals surface area contributed by atoms with Gasteiger partial charge in [0, 0.05) is 10.5 Å². The van der Waals surface area contributed by atoms with Crippen molar-refractivity contribution in [3.05, 3.63) is 155 Å². The van der Waals surface area contributed by atoms with Crippen molar-refractivity contribution >= 4 is 23.9 Å². The molecule has 176 valence electrons. The molecule has 0 N–H and O–H groups in total. The molecule has 0 saturated carbocycles. The van der Waals surface area contributed by atoms with E-state index in [-0.39, 0.29) is 33.8 Å². The van der Waals surface area contributed by atoms with Gasteiger partial charge in [-0.1, -0.05) is 72.8 Å². The first-order valence-corrected chi connectivity index (χ1v) is 11.9. The van der Waals surface area contributed by atoms with Crippen molar-refractivity contribution in [1.29, 1.82) is 0 Å². The average molecular weight is 491 g/mol. The molecule has 0 bridgehead atoms. The van der Waals surface area contributed by atoms with Crippen LogP contribution in [0.5, 0.6) is 0 Å². The normalized spacial score (nSPS) is 13.4. The molecule has 0 fully saturated rings. The quantitative estimate of drug-likeness (QED) is 0.222. The van der Waals surface area contributed by atoms with E-state index in [1.807, 2.05) is 24.3 Å². The molecule has 4 aromatic carbocycles. The van der Waals surface area contributed by atoms with Crippen LogP contribution in [0.2, 0.25) is 0 Å². The summed E-state index contributed by atoms with van der Waals surface area (Å²) < 4.78 is 53.8. The lowest BCUT2D eigenvalue weighted by Crippen LogP contribution is -1.98. The Labute approximate surface area is 206 Å². The minimum absolute atomic E-state index is 0.187. The second kappa shape index (κ2) is 11.7. The largest absolute Gasteiger partial charge is 0.207 e. The lowest BCUT2D eigenvalue weighted by Gasteiger charge is -2.20. The fourth-order valence-corrected chi connectivity index (χ4v) is 4.76. The van der Waals surface area contributed by atoms with Crippen LogP contribution in [0, 0.1) is 23.3 Å². The topological polar surface area (TPSA) is 0 Å². The molecule has 35 heavy (non-hydrogen) atoms. The van der Waals surface area contributed by atoms with Crippen LogP contribution < -0.4 is 0 Å². The summed E-state index contributed by atoms with van der Waals surface area (Å²) in [4.78, 5) is 0. The molecule has 5 heteroatoms. The summed E-state index contributed by atoms with van der Waals surface area (Å²) in [5.74, 6) is -1.28. The number of halogens is 4. The summed E-state index contributed by atoms with van der Waals surface area (Å²) in [6.45, 7) is 0. The third kappa shape index (κ3) is 7.20. The summed E-state index contributed by atoms with van der Waals surface area (Å²) in [6.07, 6.45) is 7.75. The number of rotatable bonds is 8. The van der Waals surface area contributed by atoms with E-state index in [0.717, 1.165) is 22.3 Å². The van der Waals surface area contributed by atoms with Gasteiger partial charge >= 0.3 is 0 Å². The van der Waals surface area contributed by atoms with Crippen LogP contribution in [0.4, 0.5) is 17.6 Å². The lowest BCUT2D eigenvalue weighted by atomic mass is 10.1. The molecule has 0 aliphatic carbocycles. The van der Waals surface area contributed by atoms with Crippen LogP contribution >= 0.6 is 11.8 Å². The number of hydrogen-bond donors (Lipinski definition) is 0. The van der Waals surface area contributed by atoms with E-state index in [2.05, 4.69) is 0 Å². The van der Waals surface area contributed by atoms with Crippen LogP contribution in [-0.4, -0.2) is 0 Å². The van der Waals surface area contributed by atoms with Crippen molar-refractivity contribution < 1.29 is 17.6 Å². The summed E-state index contributed by atoms with van der Waals surface area (Å²) in [7, 11) is 0. The summed E-state index contributed by atoms with van der Waals surface area (Å²) in [5.41, 5.74) is 3.44. The molecule has 0 aliphatic heterocycles. The number of hydrogen-bond acceptors (Lipinski definition) is 1. The summed E-state index contributed by atoms with van der Waals surface area (Å²) in [5, 5.41) is -0.373. The molecule has 0 heterocycles. The van der Waals surface area contributed by atoms with Gasteiger partial charge in [-0.3, -0.25) is 0 Å².